The first-order chi connectivity index (χ1) is 13.4. The molecule has 1 aromatic carbocycles. The molecule has 0 N–H and O–H groups in total. The number of fused-ring (bicyclic) bond motifs is 1. The molecule has 0 saturated carbocycles. The van der Waals surface area contributed by atoms with E-state index in [0.717, 1.165) is 0 Å². The molecule has 0 aliphatic carbocycles. The van der Waals surface area contributed by atoms with Crippen molar-refractivity contribution in [3.05, 3.63) is 23.8 Å². The SMILES string of the molecule is CCOC(=O)CCN(CC)C(=O)CCC(=O)c1ccc2c(c1)N(C)C(=O)CO2. The number of ketones is 1. The molecule has 0 aromatic heterocycles. The lowest BCUT2D eigenvalue weighted by atomic mass is 10.0. The van der Waals surface area contributed by atoms with E-state index in [0.29, 0.717) is 30.2 Å². The highest BCUT2D eigenvalue weighted by molar-refractivity contribution is 6.02. The molecule has 0 spiro atoms. The smallest absolute Gasteiger partial charge is 0.307 e. The summed E-state index contributed by atoms with van der Waals surface area (Å²) in [4.78, 5) is 51.0. The third-order valence-electron chi connectivity index (χ3n) is 4.56. The molecule has 28 heavy (non-hydrogen) atoms. The standard InChI is InChI=1S/C20H26N2O6/c1-4-22(11-10-20(26)27-5-2)18(24)9-7-16(23)14-6-8-17-15(12-14)21(3)19(25)13-28-17/h6,8,12H,4-5,7,9-11,13H2,1-3H3. The van der Waals surface area contributed by atoms with Crippen molar-refractivity contribution in [2.24, 2.45) is 0 Å². The van der Waals surface area contributed by atoms with E-state index in [2.05, 4.69) is 0 Å². The second-order valence-electron chi connectivity index (χ2n) is 6.38. The highest BCUT2D eigenvalue weighted by Gasteiger charge is 2.23. The Kier molecular flexibility index (Phi) is 7.54. The number of hydrogen-bond donors (Lipinski definition) is 0. The fourth-order valence-corrected chi connectivity index (χ4v) is 2.89. The predicted octanol–water partition coefficient (Wildman–Crippen LogP) is 1.81. The van der Waals surface area contributed by atoms with E-state index < -0.39 is 0 Å². The minimum Gasteiger partial charge on any atom is -0.482 e. The fraction of sp³-hybridized carbons (Fsp3) is 0.500. The summed E-state index contributed by atoms with van der Waals surface area (Å²) in [6.45, 7) is 4.55. The van der Waals surface area contributed by atoms with Crippen molar-refractivity contribution in [3.8, 4) is 5.75 Å². The van der Waals surface area contributed by atoms with E-state index >= 15 is 0 Å². The van der Waals surface area contributed by atoms with Crippen molar-refractivity contribution in [2.75, 3.05) is 38.3 Å². The van der Waals surface area contributed by atoms with Crippen LogP contribution >= 0.6 is 0 Å². The van der Waals surface area contributed by atoms with E-state index in [9.17, 15) is 19.2 Å². The molecule has 2 rings (SSSR count). The number of Topliss-reactive ketones (excluding diaryl/α,β-unsaturated/α-hetero) is 1. The van der Waals surface area contributed by atoms with Gasteiger partial charge in [0.25, 0.3) is 5.91 Å². The molecule has 0 atom stereocenters. The van der Waals surface area contributed by atoms with Gasteiger partial charge in [-0.1, -0.05) is 0 Å². The lowest BCUT2D eigenvalue weighted by molar-refractivity contribution is -0.144. The van der Waals surface area contributed by atoms with Crippen LogP contribution in [0.15, 0.2) is 18.2 Å². The van der Waals surface area contributed by atoms with Crippen LogP contribution in [-0.4, -0.2) is 61.8 Å². The molecule has 0 unspecified atom stereocenters. The number of esters is 1. The molecule has 1 heterocycles. The molecular weight excluding hydrogens is 364 g/mol. The molecule has 1 aliphatic heterocycles. The largest absolute Gasteiger partial charge is 0.482 e. The van der Waals surface area contributed by atoms with Gasteiger partial charge in [0, 0.05) is 38.5 Å². The third kappa shape index (κ3) is 5.31. The number of hydrogen-bond acceptors (Lipinski definition) is 6. The average Bonchev–Trinajstić information content (AvgIpc) is 2.69. The van der Waals surface area contributed by atoms with Gasteiger partial charge in [0.1, 0.15) is 5.75 Å². The van der Waals surface area contributed by atoms with E-state index in [-0.39, 0.29) is 56.0 Å². The van der Waals surface area contributed by atoms with E-state index in [1.807, 2.05) is 6.92 Å². The number of carbonyl (C=O) groups excluding carboxylic acids is 4. The number of ether oxygens (including phenoxy) is 2. The maximum Gasteiger partial charge on any atom is 0.307 e. The zero-order valence-electron chi connectivity index (χ0n) is 16.5. The van der Waals surface area contributed by atoms with Crippen molar-refractivity contribution in [1.82, 2.24) is 4.90 Å². The summed E-state index contributed by atoms with van der Waals surface area (Å²) in [5, 5.41) is 0. The number of amides is 2. The molecule has 8 heteroatoms. The summed E-state index contributed by atoms with van der Waals surface area (Å²) in [6.07, 6.45) is 0.233. The Bertz CT molecular complexity index is 761. The number of anilines is 1. The summed E-state index contributed by atoms with van der Waals surface area (Å²) in [5.74, 6) is -0.365. The molecule has 0 radical (unpaired) electrons. The van der Waals surface area contributed by atoms with E-state index in [1.54, 1.807) is 32.2 Å². The van der Waals surface area contributed by atoms with Crippen molar-refractivity contribution in [3.63, 3.8) is 0 Å². The summed E-state index contributed by atoms with van der Waals surface area (Å²) in [7, 11) is 1.63. The zero-order chi connectivity index (χ0) is 20.7. The second-order valence-corrected chi connectivity index (χ2v) is 6.38. The molecule has 8 nitrogen and oxygen atoms in total. The third-order valence-corrected chi connectivity index (χ3v) is 4.56. The first kappa shape index (κ1) is 21.4. The van der Waals surface area contributed by atoms with Crippen LogP contribution in [0, 0.1) is 0 Å². The molecular formula is C20H26N2O6. The van der Waals surface area contributed by atoms with E-state index in [1.165, 1.54) is 9.80 Å². The van der Waals surface area contributed by atoms with Crippen LogP contribution in [-0.2, 0) is 19.1 Å². The zero-order valence-corrected chi connectivity index (χ0v) is 16.5. The van der Waals surface area contributed by atoms with Crippen LogP contribution in [0.2, 0.25) is 0 Å². The van der Waals surface area contributed by atoms with Gasteiger partial charge < -0.3 is 19.3 Å². The van der Waals surface area contributed by atoms with Crippen molar-refractivity contribution < 1.29 is 28.7 Å². The van der Waals surface area contributed by atoms with Gasteiger partial charge in [-0.15, -0.1) is 0 Å². The minimum atomic E-state index is -0.347. The van der Waals surface area contributed by atoms with Crippen molar-refractivity contribution in [2.45, 2.75) is 33.1 Å². The number of benzene rings is 1. The van der Waals surface area contributed by atoms with Gasteiger partial charge in [0.15, 0.2) is 12.4 Å². The summed E-state index contributed by atoms with van der Waals surface area (Å²) in [5.41, 5.74) is 0.962. The van der Waals surface area contributed by atoms with Crippen molar-refractivity contribution >= 4 is 29.3 Å². The maximum atomic E-state index is 12.5. The number of carbonyl (C=O) groups is 4. The van der Waals surface area contributed by atoms with Crippen LogP contribution in [0.5, 0.6) is 5.75 Å². The quantitative estimate of drug-likeness (QED) is 0.472. The fourth-order valence-electron chi connectivity index (χ4n) is 2.89. The Morgan fingerprint density at radius 2 is 1.93 bits per heavy atom. The van der Waals surface area contributed by atoms with Gasteiger partial charge in [-0.2, -0.15) is 0 Å². The Morgan fingerprint density at radius 1 is 1.18 bits per heavy atom. The Labute approximate surface area is 164 Å². The maximum absolute atomic E-state index is 12.5. The van der Waals surface area contributed by atoms with Gasteiger partial charge in [-0.05, 0) is 32.0 Å². The van der Waals surface area contributed by atoms with Crippen LogP contribution in [0.3, 0.4) is 0 Å². The molecule has 152 valence electrons. The number of rotatable bonds is 9. The highest BCUT2D eigenvalue weighted by atomic mass is 16.5. The van der Waals surface area contributed by atoms with Crippen LogP contribution < -0.4 is 9.64 Å². The van der Waals surface area contributed by atoms with E-state index in [4.69, 9.17) is 9.47 Å². The van der Waals surface area contributed by atoms with Gasteiger partial charge in [-0.3, -0.25) is 19.2 Å². The molecule has 0 saturated heterocycles. The average molecular weight is 390 g/mol. The number of nitrogens with zero attached hydrogens (tertiary/aromatic N) is 2. The first-order valence-corrected chi connectivity index (χ1v) is 9.37. The summed E-state index contributed by atoms with van der Waals surface area (Å²) >= 11 is 0. The van der Waals surface area contributed by atoms with Gasteiger partial charge in [-0.25, -0.2) is 0 Å². The van der Waals surface area contributed by atoms with Crippen LogP contribution in [0.4, 0.5) is 5.69 Å². The highest BCUT2D eigenvalue weighted by Crippen LogP contribution is 2.32. The second kappa shape index (κ2) is 9.87. The molecule has 2 amide bonds. The number of likely N-dealkylation sites (N-methyl/N-ethyl adjacent to an activating group) is 1. The predicted molar refractivity (Wildman–Crippen MR) is 102 cm³/mol. The molecule has 1 aliphatic rings. The molecule has 0 fully saturated rings. The van der Waals surface area contributed by atoms with Gasteiger partial charge in [0.05, 0.1) is 18.7 Å². The van der Waals surface area contributed by atoms with Gasteiger partial charge >= 0.3 is 5.97 Å². The normalized spacial score (nSPS) is 12.8. The molecule has 1 aromatic rings. The lowest BCUT2D eigenvalue weighted by Gasteiger charge is -2.26. The monoisotopic (exact) mass is 390 g/mol. The Balaban J connectivity index is 1.93. The summed E-state index contributed by atoms with van der Waals surface area (Å²) in [6, 6.07) is 4.90. The molecule has 0 bridgehead atoms. The van der Waals surface area contributed by atoms with Gasteiger partial charge in [0.2, 0.25) is 5.91 Å². The van der Waals surface area contributed by atoms with Crippen LogP contribution in [0.1, 0.15) is 43.5 Å². The lowest BCUT2D eigenvalue weighted by Crippen LogP contribution is -2.35. The van der Waals surface area contributed by atoms with Crippen LogP contribution in [0.25, 0.3) is 0 Å². The minimum absolute atomic E-state index is 0.0239. The van der Waals surface area contributed by atoms with Crippen molar-refractivity contribution in [1.29, 1.82) is 0 Å². The first-order valence-electron chi connectivity index (χ1n) is 9.37. The summed E-state index contributed by atoms with van der Waals surface area (Å²) < 4.78 is 10.2. The topological polar surface area (TPSA) is 93.2 Å². The Hall–Kier alpha value is -2.90. The Morgan fingerprint density at radius 3 is 2.61 bits per heavy atom.